The number of ether oxygens (including phenoxy) is 1. The molecule has 3 fully saturated rings. The molecule has 25 heavy (non-hydrogen) atoms. The van der Waals surface area contributed by atoms with Crippen LogP contribution in [0.5, 0.6) is 0 Å². The van der Waals surface area contributed by atoms with Crippen molar-refractivity contribution in [3.8, 4) is 0 Å². The summed E-state index contributed by atoms with van der Waals surface area (Å²) in [4.78, 5) is 14.3. The lowest BCUT2D eigenvalue weighted by Crippen LogP contribution is -2.55. The van der Waals surface area contributed by atoms with E-state index in [9.17, 15) is 5.11 Å². The van der Waals surface area contributed by atoms with Crippen LogP contribution in [0, 0.1) is 13.8 Å². The predicted molar refractivity (Wildman–Crippen MR) is 98.3 cm³/mol. The van der Waals surface area contributed by atoms with E-state index in [0.717, 1.165) is 75.9 Å². The molecule has 0 bridgehead atoms. The number of piperidine rings is 1. The fourth-order valence-electron chi connectivity index (χ4n) is 4.45. The van der Waals surface area contributed by atoms with Crippen molar-refractivity contribution in [1.82, 2.24) is 9.97 Å². The summed E-state index contributed by atoms with van der Waals surface area (Å²) in [6, 6.07) is 0. The van der Waals surface area contributed by atoms with E-state index in [0.29, 0.717) is 0 Å². The van der Waals surface area contributed by atoms with E-state index in [-0.39, 0.29) is 11.7 Å². The first kappa shape index (κ1) is 17.0. The molecule has 3 saturated heterocycles. The zero-order valence-corrected chi connectivity index (χ0v) is 15.5. The van der Waals surface area contributed by atoms with Crippen LogP contribution >= 0.6 is 0 Å². The van der Waals surface area contributed by atoms with E-state index < -0.39 is 0 Å². The molecule has 1 aromatic heterocycles. The SMILES string of the molecule is Cc1nc(N2CCCC2)nc(N2CCC3(CC2)OCCC[C@H]3O)c1C. The second-order valence-electron chi connectivity index (χ2n) is 7.81. The molecule has 0 aromatic carbocycles. The summed E-state index contributed by atoms with van der Waals surface area (Å²) < 4.78 is 6.04. The molecule has 1 aromatic rings. The second-order valence-corrected chi connectivity index (χ2v) is 7.81. The molecule has 4 rings (SSSR count). The van der Waals surface area contributed by atoms with Gasteiger partial charge >= 0.3 is 0 Å². The highest BCUT2D eigenvalue weighted by Gasteiger charge is 2.44. The molecule has 4 heterocycles. The molecule has 0 saturated carbocycles. The molecule has 1 atom stereocenters. The molecule has 0 amide bonds. The van der Waals surface area contributed by atoms with Gasteiger partial charge in [-0.25, -0.2) is 4.98 Å². The molecule has 138 valence electrons. The highest BCUT2D eigenvalue weighted by molar-refractivity contribution is 5.53. The number of aromatic nitrogens is 2. The Morgan fingerprint density at radius 3 is 2.40 bits per heavy atom. The Labute approximate surface area is 150 Å². The van der Waals surface area contributed by atoms with Gasteiger partial charge in [0.15, 0.2) is 0 Å². The van der Waals surface area contributed by atoms with Gasteiger partial charge in [0.1, 0.15) is 5.82 Å². The second kappa shape index (κ2) is 6.72. The number of hydrogen-bond donors (Lipinski definition) is 1. The van der Waals surface area contributed by atoms with Gasteiger partial charge in [-0.05, 0) is 52.4 Å². The van der Waals surface area contributed by atoms with Crippen molar-refractivity contribution in [2.75, 3.05) is 42.6 Å². The third-order valence-electron chi connectivity index (χ3n) is 6.27. The van der Waals surface area contributed by atoms with Gasteiger partial charge in [0.25, 0.3) is 0 Å². The first-order chi connectivity index (χ1) is 12.1. The van der Waals surface area contributed by atoms with Crippen LogP contribution in [0.15, 0.2) is 0 Å². The van der Waals surface area contributed by atoms with Crippen molar-refractivity contribution in [2.24, 2.45) is 0 Å². The maximum atomic E-state index is 10.5. The Hall–Kier alpha value is -1.40. The Morgan fingerprint density at radius 1 is 1.00 bits per heavy atom. The molecule has 0 unspecified atom stereocenters. The topological polar surface area (TPSA) is 61.7 Å². The zero-order valence-electron chi connectivity index (χ0n) is 15.5. The van der Waals surface area contributed by atoms with Crippen molar-refractivity contribution < 1.29 is 9.84 Å². The summed E-state index contributed by atoms with van der Waals surface area (Å²) in [5, 5.41) is 10.5. The fourth-order valence-corrected chi connectivity index (χ4v) is 4.45. The molecule has 0 radical (unpaired) electrons. The number of rotatable bonds is 2. The standard InChI is InChI=1S/C19H30N4O2/c1-14-15(2)20-18(23-9-3-4-10-23)21-17(14)22-11-7-19(8-12-22)16(24)6-5-13-25-19/h16,24H,3-13H2,1-2H3/t16-/m1/s1. The van der Waals surface area contributed by atoms with E-state index in [1.54, 1.807) is 0 Å². The van der Waals surface area contributed by atoms with Crippen molar-refractivity contribution in [3.63, 3.8) is 0 Å². The summed E-state index contributed by atoms with van der Waals surface area (Å²) in [7, 11) is 0. The van der Waals surface area contributed by atoms with Crippen molar-refractivity contribution in [3.05, 3.63) is 11.3 Å². The number of aryl methyl sites for hydroxylation is 1. The molecule has 6 heteroatoms. The Morgan fingerprint density at radius 2 is 1.72 bits per heavy atom. The Kier molecular flexibility index (Phi) is 4.58. The average Bonchev–Trinajstić information content (AvgIpc) is 3.15. The quantitative estimate of drug-likeness (QED) is 0.886. The van der Waals surface area contributed by atoms with Gasteiger partial charge in [0, 0.05) is 44.0 Å². The van der Waals surface area contributed by atoms with Crippen LogP contribution in [0.2, 0.25) is 0 Å². The number of aliphatic hydroxyl groups is 1. The molecule has 3 aliphatic heterocycles. The number of anilines is 2. The van der Waals surface area contributed by atoms with Crippen LogP contribution in [-0.4, -0.2) is 59.6 Å². The average molecular weight is 346 g/mol. The minimum absolute atomic E-state index is 0.322. The maximum absolute atomic E-state index is 10.5. The largest absolute Gasteiger partial charge is 0.390 e. The van der Waals surface area contributed by atoms with Crippen molar-refractivity contribution >= 4 is 11.8 Å². The predicted octanol–water partition coefficient (Wildman–Crippen LogP) is 2.20. The maximum Gasteiger partial charge on any atom is 0.227 e. The van der Waals surface area contributed by atoms with E-state index in [4.69, 9.17) is 14.7 Å². The van der Waals surface area contributed by atoms with Crippen molar-refractivity contribution in [1.29, 1.82) is 0 Å². The lowest BCUT2D eigenvalue weighted by molar-refractivity contribution is -0.164. The zero-order chi connectivity index (χ0) is 17.4. The summed E-state index contributed by atoms with van der Waals surface area (Å²) in [5.74, 6) is 1.94. The van der Waals surface area contributed by atoms with Gasteiger partial charge in [-0.2, -0.15) is 4.98 Å². The van der Waals surface area contributed by atoms with E-state index in [2.05, 4.69) is 23.6 Å². The first-order valence-electron chi connectivity index (χ1n) is 9.76. The van der Waals surface area contributed by atoms with Crippen LogP contribution in [0.1, 0.15) is 49.8 Å². The Balaban J connectivity index is 1.54. The van der Waals surface area contributed by atoms with Gasteiger partial charge in [-0.15, -0.1) is 0 Å². The van der Waals surface area contributed by atoms with Crippen LogP contribution in [0.25, 0.3) is 0 Å². The van der Waals surface area contributed by atoms with E-state index in [1.165, 1.54) is 18.4 Å². The van der Waals surface area contributed by atoms with Crippen LogP contribution in [-0.2, 0) is 4.74 Å². The molecule has 0 aliphatic carbocycles. The number of aliphatic hydroxyl groups excluding tert-OH is 1. The van der Waals surface area contributed by atoms with Gasteiger partial charge in [0.05, 0.1) is 11.7 Å². The van der Waals surface area contributed by atoms with Crippen molar-refractivity contribution in [2.45, 2.75) is 64.1 Å². The normalized spacial score (nSPS) is 26.4. The Bertz CT molecular complexity index is 622. The number of nitrogens with zero attached hydrogens (tertiary/aromatic N) is 4. The smallest absolute Gasteiger partial charge is 0.227 e. The fraction of sp³-hybridized carbons (Fsp3) is 0.789. The van der Waals surface area contributed by atoms with Crippen LogP contribution in [0.3, 0.4) is 0 Å². The minimum Gasteiger partial charge on any atom is -0.390 e. The molecule has 1 N–H and O–H groups in total. The monoisotopic (exact) mass is 346 g/mol. The van der Waals surface area contributed by atoms with E-state index in [1.807, 2.05) is 0 Å². The van der Waals surface area contributed by atoms with Gasteiger partial charge in [-0.3, -0.25) is 0 Å². The molecule has 6 nitrogen and oxygen atoms in total. The summed E-state index contributed by atoms with van der Waals surface area (Å²) in [6.07, 6.45) is 5.71. The molecule has 3 aliphatic rings. The molecular weight excluding hydrogens is 316 g/mol. The lowest BCUT2D eigenvalue weighted by atomic mass is 9.82. The van der Waals surface area contributed by atoms with Gasteiger partial charge < -0.3 is 19.6 Å². The highest BCUT2D eigenvalue weighted by atomic mass is 16.5. The highest BCUT2D eigenvalue weighted by Crippen LogP contribution is 2.37. The third kappa shape index (κ3) is 3.10. The lowest BCUT2D eigenvalue weighted by Gasteiger charge is -2.47. The summed E-state index contributed by atoms with van der Waals surface area (Å²) >= 11 is 0. The van der Waals surface area contributed by atoms with Gasteiger partial charge in [0.2, 0.25) is 5.95 Å². The van der Waals surface area contributed by atoms with E-state index >= 15 is 0 Å². The molecular formula is C19H30N4O2. The van der Waals surface area contributed by atoms with Gasteiger partial charge in [-0.1, -0.05) is 0 Å². The minimum atomic E-state index is -0.331. The van der Waals surface area contributed by atoms with Crippen LogP contribution < -0.4 is 9.80 Å². The molecule has 1 spiro atoms. The van der Waals surface area contributed by atoms with Crippen LogP contribution in [0.4, 0.5) is 11.8 Å². The number of hydrogen-bond acceptors (Lipinski definition) is 6. The first-order valence-corrected chi connectivity index (χ1v) is 9.76. The summed E-state index contributed by atoms with van der Waals surface area (Å²) in [5.41, 5.74) is 1.91. The summed E-state index contributed by atoms with van der Waals surface area (Å²) in [6.45, 7) is 8.87. The third-order valence-corrected chi connectivity index (χ3v) is 6.27.